The van der Waals surface area contributed by atoms with Crippen LogP contribution in [0.15, 0.2) is 47.1 Å². The molecule has 3 rings (SSSR count). The largest absolute Gasteiger partial charge is 0.467 e. The lowest BCUT2D eigenvalue weighted by Crippen LogP contribution is -2.62. The fourth-order valence-corrected chi connectivity index (χ4v) is 4.63. The second-order valence-corrected chi connectivity index (χ2v) is 9.40. The average molecular weight is 404 g/mol. The molecular formula is C22H30FN3OS. The molecule has 6 heteroatoms. The molecule has 0 amide bonds. The van der Waals surface area contributed by atoms with Crippen LogP contribution in [0.25, 0.3) is 0 Å². The molecule has 1 aromatic carbocycles. The molecule has 0 radical (unpaired) electrons. The summed E-state index contributed by atoms with van der Waals surface area (Å²) in [6, 6.07) is 10.7. The molecule has 2 heterocycles. The first-order valence-electron chi connectivity index (χ1n) is 9.74. The summed E-state index contributed by atoms with van der Waals surface area (Å²) >= 11 is 5.77. The smallest absolute Gasteiger partial charge is 0.169 e. The lowest BCUT2D eigenvalue weighted by atomic mass is 9.80. The fraction of sp³-hybridized carbons (Fsp3) is 0.500. The monoisotopic (exact) mass is 403 g/mol. The Morgan fingerprint density at radius 2 is 1.89 bits per heavy atom. The molecule has 2 aromatic rings. The third-order valence-electron chi connectivity index (χ3n) is 4.99. The Balaban J connectivity index is 1.74. The molecule has 4 nitrogen and oxygen atoms in total. The molecule has 0 unspecified atom stereocenters. The van der Waals surface area contributed by atoms with E-state index >= 15 is 0 Å². The molecule has 1 saturated heterocycles. The van der Waals surface area contributed by atoms with E-state index in [2.05, 4.69) is 38.3 Å². The van der Waals surface area contributed by atoms with Crippen LogP contribution in [0.1, 0.15) is 51.9 Å². The van der Waals surface area contributed by atoms with Crippen LogP contribution in [0, 0.1) is 5.82 Å². The summed E-state index contributed by atoms with van der Waals surface area (Å²) in [6.45, 7) is 9.94. The summed E-state index contributed by atoms with van der Waals surface area (Å²) in [4.78, 5) is 2.03. The number of benzene rings is 1. The summed E-state index contributed by atoms with van der Waals surface area (Å²) in [5.74, 6) is 0.586. The summed E-state index contributed by atoms with van der Waals surface area (Å²) in [6.07, 6.45) is 3.61. The number of furan rings is 1. The summed E-state index contributed by atoms with van der Waals surface area (Å²) in [5, 5.41) is 7.92. The molecule has 0 saturated carbocycles. The minimum Gasteiger partial charge on any atom is -0.467 e. The van der Waals surface area contributed by atoms with E-state index in [9.17, 15) is 4.39 Å². The number of piperidine rings is 1. The van der Waals surface area contributed by atoms with E-state index in [-0.39, 0.29) is 22.9 Å². The maximum Gasteiger partial charge on any atom is 0.169 e. The van der Waals surface area contributed by atoms with Crippen LogP contribution < -0.4 is 10.6 Å². The van der Waals surface area contributed by atoms with Crippen molar-refractivity contribution in [3.63, 3.8) is 0 Å². The van der Waals surface area contributed by atoms with Crippen LogP contribution in [-0.4, -0.2) is 27.1 Å². The van der Waals surface area contributed by atoms with E-state index in [0.29, 0.717) is 18.2 Å². The summed E-state index contributed by atoms with van der Waals surface area (Å²) < 4.78 is 19.2. The van der Waals surface area contributed by atoms with E-state index < -0.39 is 0 Å². The normalized spacial score (nSPS) is 18.6. The highest BCUT2D eigenvalue weighted by Gasteiger charge is 2.38. The Bertz CT molecular complexity index is 788. The summed E-state index contributed by atoms with van der Waals surface area (Å²) in [7, 11) is 0. The fourth-order valence-electron chi connectivity index (χ4n) is 4.34. The van der Waals surface area contributed by atoms with Crippen LogP contribution >= 0.6 is 12.2 Å². The first kappa shape index (κ1) is 20.8. The zero-order valence-electron chi connectivity index (χ0n) is 17.1. The topological polar surface area (TPSA) is 40.4 Å². The highest BCUT2D eigenvalue weighted by molar-refractivity contribution is 7.80. The number of halogens is 1. The van der Waals surface area contributed by atoms with E-state index in [1.54, 1.807) is 18.4 Å². The molecule has 0 atom stereocenters. The number of thiocarbonyl (C=S) groups is 1. The number of rotatable bonds is 5. The van der Waals surface area contributed by atoms with Gasteiger partial charge in [0.1, 0.15) is 11.6 Å². The molecule has 1 aliphatic rings. The van der Waals surface area contributed by atoms with Gasteiger partial charge in [0.05, 0.1) is 12.8 Å². The van der Waals surface area contributed by atoms with Crippen molar-refractivity contribution in [1.82, 2.24) is 15.5 Å². The highest BCUT2D eigenvalue weighted by atomic mass is 32.1. The molecule has 1 aromatic heterocycles. The van der Waals surface area contributed by atoms with Crippen molar-refractivity contribution in [2.24, 2.45) is 0 Å². The third-order valence-corrected chi connectivity index (χ3v) is 5.37. The van der Waals surface area contributed by atoms with Crippen molar-refractivity contribution in [1.29, 1.82) is 0 Å². The third kappa shape index (κ3) is 5.79. The predicted molar refractivity (Wildman–Crippen MR) is 114 cm³/mol. The Morgan fingerprint density at radius 1 is 1.18 bits per heavy atom. The molecule has 0 bridgehead atoms. The molecule has 0 spiro atoms. The Hall–Kier alpha value is -1.92. The predicted octanol–water partition coefficient (Wildman–Crippen LogP) is 4.60. The number of hydrogen-bond donors (Lipinski definition) is 2. The Morgan fingerprint density at radius 3 is 2.50 bits per heavy atom. The Labute approximate surface area is 172 Å². The maximum absolute atomic E-state index is 13.6. The van der Waals surface area contributed by atoms with Crippen LogP contribution in [0.4, 0.5) is 4.39 Å². The van der Waals surface area contributed by atoms with Crippen molar-refractivity contribution in [3.05, 3.63) is 59.8 Å². The lowest BCUT2D eigenvalue weighted by Gasteiger charge is -2.47. The SMILES string of the molecule is CC1(C)CC(NC(=S)N(Cc2cccc(F)c2)Cc2ccco2)CC(C)(C)N1. The number of nitrogens with zero attached hydrogens (tertiary/aromatic N) is 1. The van der Waals surface area contributed by atoms with Gasteiger partial charge in [0.25, 0.3) is 0 Å². The van der Waals surface area contributed by atoms with Crippen molar-refractivity contribution >= 4 is 17.3 Å². The quantitative estimate of drug-likeness (QED) is 0.714. The second-order valence-electron chi connectivity index (χ2n) is 9.01. The lowest BCUT2D eigenvalue weighted by molar-refractivity contribution is 0.153. The van der Waals surface area contributed by atoms with Gasteiger partial charge in [0.2, 0.25) is 0 Å². The van der Waals surface area contributed by atoms with Crippen LogP contribution in [-0.2, 0) is 13.1 Å². The van der Waals surface area contributed by atoms with Crippen LogP contribution in [0.5, 0.6) is 0 Å². The van der Waals surface area contributed by atoms with Gasteiger partial charge in [0.15, 0.2) is 5.11 Å². The summed E-state index contributed by atoms with van der Waals surface area (Å²) in [5.41, 5.74) is 0.939. The molecule has 1 aliphatic heterocycles. The second kappa shape index (κ2) is 8.21. The minimum atomic E-state index is -0.240. The van der Waals surface area contributed by atoms with Crippen LogP contribution in [0.2, 0.25) is 0 Å². The molecule has 2 N–H and O–H groups in total. The Kier molecular flexibility index (Phi) is 6.10. The van der Waals surface area contributed by atoms with Gasteiger partial charge in [-0.1, -0.05) is 12.1 Å². The first-order valence-corrected chi connectivity index (χ1v) is 10.1. The van der Waals surface area contributed by atoms with Crippen molar-refractivity contribution in [2.75, 3.05) is 0 Å². The van der Waals surface area contributed by atoms with Gasteiger partial charge < -0.3 is 20.0 Å². The minimum absolute atomic E-state index is 0.0312. The molecule has 0 aliphatic carbocycles. The van der Waals surface area contributed by atoms with Gasteiger partial charge in [-0.3, -0.25) is 0 Å². The standard InChI is InChI=1S/C22H30FN3OS/c1-21(2)12-18(13-22(3,4)25-21)24-20(28)26(15-19-9-6-10-27-19)14-16-7-5-8-17(23)11-16/h5-11,18,25H,12-15H2,1-4H3,(H,24,28). The van der Waals surface area contributed by atoms with Gasteiger partial charge in [0, 0.05) is 23.7 Å². The van der Waals surface area contributed by atoms with Gasteiger partial charge >= 0.3 is 0 Å². The van der Waals surface area contributed by atoms with Gasteiger partial charge in [-0.2, -0.15) is 0 Å². The van der Waals surface area contributed by atoms with E-state index in [0.717, 1.165) is 24.2 Å². The van der Waals surface area contributed by atoms with Crippen molar-refractivity contribution in [3.8, 4) is 0 Å². The van der Waals surface area contributed by atoms with Gasteiger partial charge in [-0.15, -0.1) is 0 Å². The molecule has 152 valence electrons. The number of hydrogen-bond acceptors (Lipinski definition) is 3. The van der Waals surface area contributed by atoms with Crippen molar-refractivity contribution in [2.45, 2.75) is 70.7 Å². The zero-order chi connectivity index (χ0) is 20.4. The first-order chi connectivity index (χ1) is 13.1. The van der Waals surface area contributed by atoms with Gasteiger partial charge in [-0.05, 0) is 82.6 Å². The molecule has 1 fully saturated rings. The molecular weight excluding hydrogens is 373 g/mol. The van der Waals surface area contributed by atoms with Crippen LogP contribution in [0.3, 0.4) is 0 Å². The average Bonchev–Trinajstić information content (AvgIpc) is 3.04. The number of nitrogens with one attached hydrogen (secondary N) is 2. The zero-order valence-corrected chi connectivity index (χ0v) is 17.9. The van der Waals surface area contributed by atoms with E-state index in [1.807, 2.05) is 23.1 Å². The van der Waals surface area contributed by atoms with E-state index in [1.165, 1.54) is 6.07 Å². The van der Waals surface area contributed by atoms with Gasteiger partial charge in [-0.25, -0.2) is 4.39 Å². The van der Waals surface area contributed by atoms with E-state index in [4.69, 9.17) is 16.6 Å². The maximum atomic E-state index is 13.6. The molecule has 28 heavy (non-hydrogen) atoms. The van der Waals surface area contributed by atoms with Crippen molar-refractivity contribution < 1.29 is 8.81 Å². The highest BCUT2D eigenvalue weighted by Crippen LogP contribution is 2.28.